The number of benzene rings is 1. The minimum atomic E-state index is -0.670. The highest BCUT2D eigenvalue weighted by atomic mass is 32.2. The van der Waals surface area contributed by atoms with Gasteiger partial charge in [-0.3, -0.25) is 9.59 Å². The molecule has 0 saturated carbocycles. The van der Waals surface area contributed by atoms with Crippen molar-refractivity contribution in [2.75, 3.05) is 11.1 Å². The molecule has 3 rings (SSSR count). The quantitative estimate of drug-likeness (QED) is 0.535. The average molecular weight is 422 g/mol. The molecular weight excluding hydrogens is 407 g/mol. The highest BCUT2D eigenvalue weighted by molar-refractivity contribution is 7.99. The van der Waals surface area contributed by atoms with E-state index in [0.29, 0.717) is 5.00 Å². The van der Waals surface area contributed by atoms with Crippen molar-refractivity contribution in [1.82, 2.24) is 10.2 Å². The summed E-state index contributed by atoms with van der Waals surface area (Å²) in [5.74, 6) is -1.26. The Morgan fingerprint density at radius 3 is 2.89 bits per heavy atom. The Bertz CT molecular complexity index is 991. The number of thiophene rings is 1. The van der Waals surface area contributed by atoms with Gasteiger partial charge in [-0.2, -0.15) is 0 Å². The Kier molecular flexibility index (Phi) is 6.26. The number of halogens is 1. The molecule has 2 amide bonds. The number of anilines is 1. The molecule has 0 saturated heterocycles. The second-order valence-corrected chi connectivity index (χ2v) is 7.30. The second kappa shape index (κ2) is 8.85. The Morgan fingerprint density at radius 1 is 1.36 bits per heavy atom. The van der Waals surface area contributed by atoms with Gasteiger partial charge in [-0.1, -0.05) is 23.9 Å². The van der Waals surface area contributed by atoms with E-state index in [-0.39, 0.29) is 34.1 Å². The molecule has 11 heteroatoms. The van der Waals surface area contributed by atoms with E-state index >= 15 is 0 Å². The third-order valence-corrected chi connectivity index (χ3v) is 5.07. The fourth-order valence-corrected chi connectivity index (χ4v) is 3.49. The van der Waals surface area contributed by atoms with Gasteiger partial charge >= 0.3 is 0 Å². The van der Waals surface area contributed by atoms with Crippen molar-refractivity contribution in [1.29, 1.82) is 0 Å². The molecule has 0 bridgehead atoms. The van der Waals surface area contributed by atoms with Crippen LogP contribution in [0.5, 0.6) is 5.75 Å². The van der Waals surface area contributed by atoms with Crippen LogP contribution < -0.4 is 15.8 Å². The molecule has 0 spiro atoms. The normalized spacial score (nSPS) is 11.8. The maximum Gasteiger partial charge on any atom is 0.277 e. The van der Waals surface area contributed by atoms with E-state index in [1.807, 2.05) is 0 Å². The molecular formula is C17H15FN4O4S2. The second-order valence-electron chi connectivity index (χ2n) is 5.46. The van der Waals surface area contributed by atoms with Gasteiger partial charge in [0.2, 0.25) is 5.91 Å². The first-order valence-electron chi connectivity index (χ1n) is 7.98. The largest absolute Gasteiger partial charge is 0.478 e. The lowest BCUT2D eigenvalue weighted by Gasteiger charge is -2.11. The number of para-hydroxylation sites is 1. The summed E-state index contributed by atoms with van der Waals surface area (Å²) in [4.78, 5) is 23.3. The molecule has 2 heterocycles. The van der Waals surface area contributed by atoms with E-state index in [0.717, 1.165) is 11.8 Å². The molecule has 1 atom stereocenters. The van der Waals surface area contributed by atoms with Crippen molar-refractivity contribution in [3.8, 4) is 5.75 Å². The number of carbonyl (C=O) groups excluding carboxylic acids is 2. The first-order valence-corrected chi connectivity index (χ1v) is 9.85. The van der Waals surface area contributed by atoms with Crippen LogP contribution in [-0.4, -0.2) is 27.8 Å². The first-order chi connectivity index (χ1) is 13.4. The van der Waals surface area contributed by atoms with Crippen LogP contribution in [0.2, 0.25) is 0 Å². The van der Waals surface area contributed by atoms with E-state index in [2.05, 4.69) is 15.5 Å². The smallest absolute Gasteiger partial charge is 0.277 e. The van der Waals surface area contributed by atoms with Crippen molar-refractivity contribution in [2.24, 2.45) is 5.73 Å². The minimum Gasteiger partial charge on any atom is -0.478 e. The van der Waals surface area contributed by atoms with E-state index in [1.54, 1.807) is 24.4 Å². The van der Waals surface area contributed by atoms with Crippen LogP contribution in [0.25, 0.3) is 0 Å². The van der Waals surface area contributed by atoms with Gasteiger partial charge < -0.3 is 20.2 Å². The topological polar surface area (TPSA) is 120 Å². The zero-order valence-electron chi connectivity index (χ0n) is 14.5. The van der Waals surface area contributed by atoms with Gasteiger partial charge in [0.05, 0.1) is 11.3 Å². The first kappa shape index (κ1) is 19.8. The third kappa shape index (κ3) is 4.87. The van der Waals surface area contributed by atoms with Crippen molar-refractivity contribution in [2.45, 2.75) is 18.3 Å². The minimum absolute atomic E-state index is 0.0136. The lowest BCUT2D eigenvalue weighted by molar-refractivity contribution is -0.113. The van der Waals surface area contributed by atoms with E-state index in [4.69, 9.17) is 14.9 Å². The number of rotatable bonds is 8. The molecule has 1 unspecified atom stereocenters. The zero-order chi connectivity index (χ0) is 20.1. The fourth-order valence-electron chi connectivity index (χ4n) is 2.11. The van der Waals surface area contributed by atoms with Crippen LogP contribution in [0.4, 0.5) is 9.39 Å². The van der Waals surface area contributed by atoms with E-state index < -0.39 is 17.8 Å². The van der Waals surface area contributed by atoms with Crippen LogP contribution in [0.1, 0.15) is 29.3 Å². The molecule has 2 aromatic heterocycles. The van der Waals surface area contributed by atoms with Gasteiger partial charge in [-0.25, -0.2) is 4.39 Å². The summed E-state index contributed by atoms with van der Waals surface area (Å²) in [5, 5.41) is 12.5. The number of nitrogens with zero attached hydrogens (tertiary/aromatic N) is 2. The molecule has 0 aliphatic rings. The number of amides is 2. The number of nitrogens with one attached hydrogen (secondary N) is 1. The number of carbonyl (C=O) groups is 2. The predicted molar refractivity (Wildman–Crippen MR) is 102 cm³/mol. The Balaban J connectivity index is 1.54. The molecule has 0 radical (unpaired) electrons. The highest BCUT2D eigenvalue weighted by Gasteiger charge is 2.19. The van der Waals surface area contributed by atoms with Crippen molar-refractivity contribution in [3.05, 3.63) is 53.0 Å². The maximum atomic E-state index is 13.6. The predicted octanol–water partition coefficient (Wildman–Crippen LogP) is 3.24. The number of hydrogen-bond acceptors (Lipinski definition) is 8. The van der Waals surface area contributed by atoms with Gasteiger partial charge in [0.15, 0.2) is 17.7 Å². The number of aromatic nitrogens is 2. The van der Waals surface area contributed by atoms with E-state index in [9.17, 15) is 14.0 Å². The summed E-state index contributed by atoms with van der Waals surface area (Å²) in [7, 11) is 0. The molecule has 0 fully saturated rings. The Morgan fingerprint density at radius 2 is 2.14 bits per heavy atom. The monoisotopic (exact) mass is 422 g/mol. The number of nitrogens with two attached hydrogens (primary N) is 1. The molecule has 146 valence electrons. The lowest BCUT2D eigenvalue weighted by Crippen LogP contribution is -2.17. The summed E-state index contributed by atoms with van der Waals surface area (Å²) >= 11 is 2.22. The third-order valence-electron chi connectivity index (χ3n) is 3.42. The van der Waals surface area contributed by atoms with Crippen molar-refractivity contribution in [3.63, 3.8) is 0 Å². The number of primary amides is 1. The molecule has 8 nitrogen and oxygen atoms in total. The molecule has 3 aromatic rings. The van der Waals surface area contributed by atoms with Gasteiger partial charge in [-0.05, 0) is 30.5 Å². The van der Waals surface area contributed by atoms with Crippen LogP contribution in [0, 0.1) is 5.82 Å². The number of ether oxygens (including phenoxy) is 1. The summed E-state index contributed by atoms with van der Waals surface area (Å²) in [6.45, 7) is 1.64. The fraction of sp³-hybridized carbons (Fsp3) is 0.176. The molecule has 28 heavy (non-hydrogen) atoms. The SMILES string of the molecule is CC(Oc1ccccc1F)c1nnc(SCC(=O)Nc2sccc2C(N)=O)o1. The average Bonchev–Trinajstić information content (AvgIpc) is 3.31. The maximum absolute atomic E-state index is 13.6. The van der Waals surface area contributed by atoms with Gasteiger partial charge in [0.25, 0.3) is 17.0 Å². The number of thioether (sulfide) groups is 1. The van der Waals surface area contributed by atoms with Gasteiger partial charge in [0.1, 0.15) is 5.00 Å². The molecule has 0 aliphatic carbocycles. The molecule has 1 aromatic carbocycles. The highest BCUT2D eigenvalue weighted by Crippen LogP contribution is 2.26. The van der Waals surface area contributed by atoms with Crippen LogP contribution >= 0.6 is 23.1 Å². The summed E-state index contributed by atoms with van der Waals surface area (Å²) in [6, 6.07) is 7.52. The zero-order valence-corrected chi connectivity index (χ0v) is 16.2. The number of hydrogen-bond donors (Lipinski definition) is 2. The van der Waals surface area contributed by atoms with E-state index in [1.165, 1.54) is 29.5 Å². The standard InChI is InChI=1S/C17H15FN4O4S2/c1-9(25-12-5-3-2-4-11(12)18)15-21-22-17(26-15)28-8-13(23)20-16-10(14(19)24)6-7-27-16/h2-7,9H,8H2,1H3,(H2,19,24)(H,20,23). The Labute approximate surface area is 167 Å². The van der Waals surface area contributed by atoms with Crippen molar-refractivity contribution >= 4 is 39.9 Å². The van der Waals surface area contributed by atoms with Gasteiger partial charge in [0, 0.05) is 0 Å². The summed E-state index contributed by atoms with van der Waals surface area (Å²) < 4.78 is 24.6. The van der Waals surface area contributed by atoms with Crippen LogP contribution in [0.15, 0.2) is 45.4 Å². The van der Waals surface area contributed by atoms with Gasteiger partial charge in [-0.15, -0.1) is 21.5 Å². The summed E-state index contributed by atoms with van der Waals surface area (Å²) in [6.07, 6.45) is -0.670. The Hall–Kier alpha value is -2.92. The molecule has 0 aliphatic heterocycles. The van der Waals surface area contributed by atoms with Crippen LogP contribution in [-0.2, 0) is 4.79 Å². The van der Waals surface area contributed by atoms with Crippen LogP contribution in [0.3, 0.4) is 0 Å². The lowest BCUT2D eigenvalue weighted by atomic mass is 10.3. The van der Waals surface area contributed by atoms with Crippen molar-refractivity contribution < 1.29 is 23.1 Å². The summed E-state index contributed by atoms with van der Waals surface area (Å²) in [5.41, 5.74) is 5.49. The molecule has 3 N–H and O–H groups in total.